The van der Waals surface area contributed by atoms with Crippen LogP contribution in [0.15, 0.2) is 36.7 Å². The Bertz CT molecular complexity index is 931. The molecule has 1 saturated heterocycles. The smallest absolute Gasteiger partial charge is 0.257 e. The van der Waals surface area contributed by atoms with Gasteiger partial charge >= 0.3 is 0 Å². The van der Waals surface area contributed by atoms with Crippen molar-refractivity contribution in [1.29, 1.82) is 0 Å². The van der Waals surface area contributed by atoms with Crippen LogP contribution in [0.25, 0.3) is 0 Å². The highest BCUT2D eigenvalue weighted by Crippen LogP contribution is 2.36. The van der Waals surface area contributed by atoms with Crippen LogP contribution in [0.4, 0.5) is 0 Å². The minimum Gasteiger partial charge on any atom is -0.483 e. The number of carbonyl (C=O) groups is 2. The third-order valence-electron chi connectivity index (χ3n) is 6.37. The van der Waals surface area contributed by atoms with Gasteiger partial charge < -0.3 is 15.0 Å². The standard InChI is InChI=1S/C24H30N4O3/c1-18-25-13-20(14-26-18)23(30)28-12-6-11-24(17-28)10-5-4-8-19-7-2-3-9-21(19)31-15-22(29)27-16-24/h2-3,7,9,13-14H,4-6,8,10-12,15-17H2,1H3,(H,27,29). The van der Waals surface area contributed by atoms with Crippen LogP contribution in [0.2, 0.25) is 0 Å². The van der Waals surface area contributed by atoms with Gasteiger partial charge in [0.05, 0.1) is 5.56 Å². The topological polar surface area (TPSA) is 84.4 Å². The minimum atomic E-state index is -0.120. The van der Waals surface area contributed by atoms with Crippen molar-refractivity contribution in [2.24, 2.45) is 5.41 Å². The van der Waals surface area contributed by atoms with Gasteiger partial charge in [0, 0.05) is 37.4 Å². The van der Waals surface area contributed by atoms with E-state index in [-0.39, 0.29) is 23.8 Å². The molecule has 1 fully saturated rings. The molecule has 0 saturated carbocycles. The Morgan fingerprint density at radius 1 is 1.13 bits per heavy atom. The summed E-state index contributed by atoms with van der Waals surface area (Å²) in [6.45, 7) is 3.73. The lowest BCUT2D eigenvalue weighted by atomic mass is 9.75. The Hall–Kier alpha value is -2.96. The average Bonchev–Trinajstić information content (AvgIpc) is 2.79. The molecule has 31 heavy (non-hydrogen) atoms. The number of piperidine rings is 1. The SMILES string of the molecule is Cc1ncc(C(=O)N2CCCC3(CCCCc4ccccc4OCC(=O)NC3)C2)cn1. The number of aromatic nitrogens is 2. The molecule has 1 aromatic heterocycles. The predicted octanol–water partition coefficient (Wildman–Crippen LogP) is 2.93. The maximum absolute atomic E-state index is 13.1. The van der Waals surface area contributed by atoms with Gasteiger partial charge in [0.25, 0.3) is 11.8 Å². The first kappa shape index (κ1) is 21.3. The molecule has 2 aliphatic heterocycles. The third kappa shape index (κ3) is 5.21. The van der Waals surface area contributed by atoms with E-state index in [1.165, 1.54) is 0 Å². The first-order valence-corrected chi connectivity index (χ1v) is 11.1. The maximum Gasteiger partial charge on any atom is 0.257 e. The number of likely N-dealkylation sites (tertiary alicyclic amines) is 1. The van der Waals surface area contributed by atoms with Gasteiger partial charge in [-0.05, 0) is 50.7 Å². The highest BCUT2D eigenvalue weighted by Gasteiger charge is 2.37. The van der Waals surface area contributed by atoms with Crippen molar-refractivity contribution in [2.45, 2.75) is 45.4 Å². The summed E-state index contributed by atoms with van der Waals surface area (Å²) in [6, 6.07) is 7.94. The summed E-state index contributed by atoms with van der Waals surface area (Å²) in [6.07, 6.45) is 9.12. The summed E-state index contributed by atoms with van der Waals surface area (Å²) in [5.41, 5.74) is 1.54. The first-order valence-electron chi connectivity index (χ1n) is 11.1. The Kier molecular flexibility index (Phi) is 6.49. The molecule has 1 unspecified atom stereocenters. The van der Waals surface area contributed by atoms with E-state index in [1.807, 2.05) is 23.1 Å². The van der Waals surface area contributed by atoms with Gasteiger partial charge in [0.1, 0.15) is 11.6 Å². The van der Waals surface area contributed by atoms with Crippen molar-refractivity contribution in [3.05, 3.63) is 53.6 Å². The van der Waals surface area contributed by atoms with Gasteiger partial charge in [-0.15, -0.1) is 0 Å². The van der Waals surface area contributed by atoms with Gasteiger partial charge in [-0.1, -0.05) is 24.6 Å². The van der Waals surface area contributed by atoms with E-state index >= 15 is 0 Å². The van der Waals surface area contributed by atoms with E-state index in [0.29, 0.717) is 24.5 Å². The lowest BCUT2D eigenvalue weighted by Crippen LogP contribution is -2.51. The van der Waals surface area contributed by atoms with E-state index in [0.717, 1.165) is 56.4 Å². The van der Waals surface area contributed by atoms with E-state index in [9.17, 15) is 9.59 Å². The van der Waals surface area contributed by atoms with Crippen LogP contribution in [0.3, 0.4) is 0 Å². The van der Waals surface area contributed by atoms with Crippen LogP contribution in [0, 0.1) is 12.3 Å². The normalized spacial score (nSPS) is 22.5. The number of rotatable bonds is 1. The van der Waals surface area contributed by atoms with Crippen molar-refractivity contribution in [3.8, 4) is 5.75 Å². The summed E-state index contributed by atoms with van der Waals surface area (Å²) in [5, 5.41) is 3.07. The Morgan fingerprint density at radius 2 is 1.90 bits per heavy atom. The molecule has 0 radical (unpaired) electrons. The molecule has 2 amide bonds. The maximum atomic E-state index is 13.1. The van der Waals surface area contributed by atoms with Crippen LogP contribution in [-0.4, -0.2) is 52.9 Å². The second-order valence-corrected chi connectivity index (χ2v) is 8.73. The van der Waals surface area contributed by atoms with Crippen LogP contribution >= 0.6 is 0 Å². The monoisotopic (exact) mass is 422 g/mol. The molecule has 1 spiro atoms. The Morgan fingerprint density at radius 3 is 2.74 bits per heavy atom. The number of para-hydroxylation sites is 1. The highest BCUT2D eigenvalue weighted by atomic mass is 16.5. The Balaban J connectivity index is 1.48. The van der Waals surface area contributed by atoms with Gasteiger partial charge in [-0.3, -0.25) is 9.59 Å². The van der Waals surface area contributed by atoms with E-state index < -0.39 is 0 Å². The molecule has 0 bridgehead atoms. The second kappa shape index (κ2) is 9.45. The van der Waals surface area contributed by atoms with Crippen molar-refractivity contribution in [2.75, 3.05) is 26.2 Å². The Labute approximate surface area is 183 Å². The quantitative estimate of drug-likeness (QED) is 0.764. The third-order valence-corrected chi connectivity index (χ3v) is 6.37. The number of aryl methyl sites for hydroxylation is 2. The van der Waals surface area contributed by atoms with Crippen LogP contribution in [0.1, 0.15) is 53.8 Å². The lowest BCUT2D eigenvalue weighted by Gasteiger charge is -2.43. The summed E-state index contributed by atoms with van der Waals surface area (Å²) in [4.78, 5) is 35.8. The molecule has 0 aliphatic carbocycles. The predicted molar refractivity (Wildman–Crippen MR) is 117 cm³/mol. The summed E-state index contributed by atoms with van der Waals surface area (Å²) < 4.78 is 5.78. The van der Waals surface area contributed by atoms with Crippen molar-refractivity contribution in [1.82, 2.24) is 20.2 Å². The number of amides is 2. The number of carbonyl (C=O) groups excluding carboxylic acids is 2. The number of benzene rings is 1. The fraction of sp³-hybridized carbons (Fsp3) is 0.500. The molecule has 1 N–H and O–H groups in total. The zero-order valence-corrected chi connectivity index (χ0v) is 18.1. The molecule has 3 heterocycles. The number of hydrogen-bond acceptors (Lipinski definition) is 5. The summed E-state index contributed by atoms with van der Waals surface area (Å²) in [7, 11) is 0. The van der Waals surface area contributed by atoms with Crippen molar-refractivity contribution >= 4 is 11.8 Å². The van der Waals surface area contributed by atoms with Crippen molar-refractivity contribution in [3.63, 3.8) is 0 Å². The fourth-order valence-electron chi connectivity index (χ4n) is 4.65. The number of hydrogen-bond donors (Lipinski definition) is 1. The van der Waals surface area contributed by atoms with Gasteiger partial charge in [0.2, 0.25) is 0 Å². The van der Waals surface area contributed by atoms with E-state index in [2.05, 4.69) is 21.4 Å². The van der Waals surface area contributed by atoms with Crippen LogP contribution in [-0.2, 0) is 11.2 Å². The minimum absolute atomic E-state index is 0.0104. The number of nitrogens with zero attached hydrogens (tertiary/aromatic N) is 3. The molecule has 7 heteroatoms. The van der Waals surface area contributed by atoms with Gasteiger partial charge in [-0.2, -0.15) is 0 Å². The van der Waals surface area contributed by atoms with E-state index in [1.54, 1.807) is 19.3 Å². The zero-order chi connectivity index (χ0) is 21.7. The molecule has 2 aliphatic rings. The number of ether oxygens (including phenoxy) is 1. The van der Waals surface area contributed by atoms with Gasteiger partial charge in [0.15, 0.2) is 6.61 Å². The largest absolute Gasteiger partial charge is 0.483 e. The van der Waals surface area contributed by atoms with Crippen LogP contribution < -0.4 is 10.1 Å². The highest BCUT2D eigenvalue weighted by molar-refractivity contribution is 5.93. The molecule has 7 nitrogen and oxygen atoms in total. The molecule has 1 aromatic carbocycles. The van der Waals surface area contributed by atoms with Crippen LogP contribution in [0.5, 0.6) is 5.75 Å². The number of nitrogens with one attached hydrogen (secondary N) is 1. The van der Waals surface area contributed by atoms with E-state index in [4.69, 9.17) is 4.74 Å². The lowest BCUT2D eigenvalue weighted by molar-refractivity contribution is -0.123. The summed E-state index contributed by atoms with van der Waals surface area (Å²) >= 11 is 0. The molecule has 4 rings (SSSR count). The molecule has 1 atom stereocenters. The molecule has 164 valence electrons. The molecular formula is C24H30N4O3. The second-order valence-electron chi connectivity index (χ2n) is 8.73. The molecular weight excluding hydrogens is 392 g/mol. The van der Waals surface area contributed by atoms with Gasteiger partial charge in [-0.25, -0.2) is 9.97 Å². The number of fused-ring (bicyclic) bond motifs is 1. The fourth-order valence-corrected chi connectivity index (χ4v) is 4.65. The first-order chi connectivity index (χ1) is 15.0. The average molecular weight is 423 g/mol. The van der Waals surface area contributed by atoms with Crippen molar-refractivity contribution < 1.29 is 14.3 Å². The summed E-state index contributed by atoms with van der Waals surface area (Å²) in [5.74, 6) is 1.29. The zero-order valence-electron chi connectivity index (χ0n) is 18.1. The molecule has 2 aromatic rings.